The molecule has 156 valence electrons. The van der Waals surface area contributed by atoms with Crippen LogP contribution in [0.25, 0.3) is 11.4 Å². The van der Waals surface area contributed by atoms with Gasteiger partial charge in [0.25, 0.3) is 0 Å². The summed E-state index contributed by atoms with van der Waals surface area (Å²) in [6.45, 7) is 1.84. The van der Waals surface area contributed by atoms with E-state index >= 15 is 0 Å². The minimum atomic E-state index is -0.260. The Morgan fingerprint density at radius 3 is 2.50 bits per heavy atom. The van der Waals surface area contributed by atoms with Crippen molar-refractivity contribution in [1.82, 2.24) is 14.3 Å². The highest BCUT2D eigenvalue weighted by atomic mass is 35.5. The molecule has 5 nitrogen and oxygen atoms in total. The number of aromatic nitrogens is 3. The predicted octanol–water partition coefficient (Wildman–Crippen LogP) is 5.77. The summed E-state index contributed by atoms with van der Waals surface area (Å²) in [5.41, 5.74) is 1.35. The van der Waals surface area contributed by atoms with E-state index in [1.807, 2.05) is 31.2 Å². The second-order valence-corrected chi connectivity index (χ2v) is 8.88. The summed E-state index contributed by atoms with van der Waals surface area (Å²) in [6.07, 6.45) is 2.11. The Hall–Kier alpha value is -2.08. The van der Waals surface area contributed by atoms with Gasteiger partial charge in [0, 0.05) is 23.0 Å². The average Bonchev–Trinajstić information content (AvgIpc) is 3.49. The summed E-state index contributed by atoms with van der Waals surface area (Å²) in [4.78, 5) is 25.7. The third-order valence-corrected chi connectivity index (χ3v) is 6.34. The van der Waals surface area contributed by atoms with Gasteiger partial charge in [0.15, 0.2) is 11.6 Å². The fourth-order valence-electron chi connectivity index (χ4n) is 3.57. The van der Waals surface area contributed by atoms with Gasteiger partial charge in [0.2, 0.25) is 0 Å². The summed E-state index contributed by atoms with van der Waals surface area (Å²) in [5.74, 6) is 0.349. The zero-order valence-electron chi connectivity index (χ0n) is 16.3. The van der Waals surface area contributed by atoms with Gasteiger partial charge in [-0.1, -0.05) is 53.9 Å². The molecule has 1 fully saturated rings. The fraction of sp³-hybridized carbons (Fsp3) is 0.318. The van der Waals surface area contributed by atoms with Crippen molar-refractivity contribution in [2.45, 2.75) is 44.7 Å². The molecule has 1 aliphatic rings. The van der Waals surface area contributed by atoms with Crippen molar-refractivity contribution in [3.63, 3.8) is 0 Å². The molecule has 3 aromatic rings. The van der Waals surface area contributed by atoms with Crippen molar-refractivity contribution in [3.8, 4) is 11.4 Å². The molecule has 4 rings (SSSR count). The Morgan fingerprint density at radius 1 is 1.13 bits per heavy atom. The highest BCUT2D eigenvalue weighted by Gasteiger charge is 2.31. The van der Waals surface area contributed by atoms with E-state index in [0.717, 1.165) is 24.0 Å². The van der Waals surface area contributed by atoms with Crippen LogP contribution in [-0.4, -0.2) is 20.1 Å². The van der Waals surface area contributed by atoms with Crippen molar-refractivity contribution in [2.24, 2.45) is 0 Å². The van der Waals surface area contributed by atoms with Crippen molar-refractivity contribution < 1.29 is 4.79 Å². The van der Waals surface area contributed by atoms with E-state index in [1.54, 1.807) is 22.8 Å². The minimum absolute atomic E-state index is 0.0817. The minimum Gasteiger partial charge on any atom is -0.298 e. The molecule has 1 heterocycles. The maximum absolute atomic E-state index is 12.9. The van der Waals surface area contributed by atoms with E-state index in [4.69, 9.17) is 34.8 Å². The normalized spacial score (nSPS) is 14.7. The third kappa shape index (κ3) is 4.34. The molecule has 0 aliphatic heterocycles. The van der Waals surface area contributed by atoms with E-state index in [-0.39, 0.29) is 36.4 Å². The average molecular weight is 465 g/mol. The second-order valence-electron chi connectivity index (χ2n) is 7.66. The Balaban J connectivity index is 1.56. The summed E-state index contributed by atoms with van der Waals surface area (Å²) in [7, 11) is 0. The van der Waals surface area contributed by atoms with Gasteiger partial charge in [-0.15, -0.1) is 5.10 Å². The number of rotatable bonds is 7. The lowest BCUT2D eigenvalue weighted by molar-refractivity contribution is -0.120. The maximum Gasteiger partial charge on any atom is 0.346 e. The Bertz CT molecular complexity index is 1150. The molecule has 2 aromatic carbocycles. The van der Waals surface area contributed by atoms with Gasteiger partial charge in [0.05, 0.1) is 10.0 Å². The SMILES string of the molecule is CC(CC(=O)Cn1nc(-c2ccc(Cl)cc2)n(C2CC2)c1=O)c1cccc(Cl)c1Cl. The molecule has 1 aliphatic carbocycles. The predicted molar refractivity (Wildman–Crippen MR) is 120 cm³/mol. The van der Waals surface area contributed by atoms with Gasteiger partial charge < -0.3 is 0 Å². The van der Waals surface area contributed by atoms with Crippen LogP contribution in [-0.2, 0) is 11.3 Å². The van der Waals surface area contributed by atoms with Crippen LogP contribution in [0.3, 0.4) is 0 Å². The van der Waals surface area contributed by atoms with E-state index < -0.39 is 0 Å². The highest BCUT2D eigenvalue weighted by molar-refractivity contribution is 6.42. The molecular formula is C22H20Cl3N3O2. The first-order chi connectivity index (χ1) is 14.3. The van der Waals surface area contributed by atoms with Gasteiger partial charge in [-0.25, -0.2) is 9.48 Å². The first kappa shape index (κ1) is 21.2. The van der Waals surface area contributed by atoms with Gasteiger partial charge in [0.1, 0.15) is 6.54 Å². The first-order valence-corrected chi connectivity index (χ1v) is 10.9. The van der Waals surface area contributed by atoms with Gasteiger partial charge in [-0.05, 0) is 54.7 Å². The summed E-state index contributed by atoms with van der Waals surface area (Å²) < 4.78 is 2.95. The number of benzene rings is 2. The van der Waals surface area contributed by atoms with Crippen molar-refractivity contribution in [1.29, 1.82) is 0 Å². The molecule has 8 heteroatoms. The Morgan fingerprint density at radius 2 is 1.83 bits per heavy atom. The van der Waals surface area contributed by atoms with E-state index in [0.29, 0.717) is 20.9 Å². The van der Waals surface area contributed by atoms with Gasteiger partial charge in [-0.2, -0.15) is 0 Å². The summed E-state index contributed by atoms with van der Waals surface area (Å²) in [6, 6.07) is 12.7. The number of hydrogen-bond donors (Lipinski definition) is 0. The van der Waals surface area contributed by atoms with Crippen LogP contribution in [0.4, 0.5) is 0 Å². The first-order valence-electron chi connectivity index (χ1n) is 9.76. The zero-order valence-corrected chi connectivity index (χ0v) is 18.6. The van der Waals surface area contributed by atoms with E-state index in [2.05, 4.69) is 5.10 Å². The number of halogens is 3. The van der Waals surface area contributed by atoms with Gasteiger partial charge >= 0.3 is 5.69 Å². The molecule has 1 aromatic heterocycles. The molecule has 0 saturated heterocycles. The fourth-order valence-corrected chi connectivity index (χ4v) is 4.19. The van der Waals surface area contributed by atoms with Crippen molar-refractivity contribution in [2.75, 3.05) is 0 Å². The van der Waals surface area contributed by atoms with Crippen LogP contribution in [0.2, 0.25) is 15.1 Å². The van der Waals surface area contributed by atoms with Crippen LogP contribution in [0.1, 0.15) is 43.7 Å². The standard InChI is InChI=1S/C22H20Cl3N3O2/c1-13(18-3-2-4-19(24)20(18)25)11-17(29)12-27-22(30)28(16-9-10-16)21(26-27)14-5-7-15(23)8-6-14/h2-8,13,16H,9-12H2,1H3. The molecule has 0 bridgehead atoms. The number of carbonyl (C=O) groups excluding carboxylic acids is 1. The number of nitrogens with zero attached hydrogens (tertiary/aromatic N) is 3. The van der Waals surface area contributed by atoms with Crippen LogP contribution >= 0.6 is 34.8 Å². The number of carbonyl (C=O) groups is 1. The molecule has 1 unspecified atom stereocenters. The quantitative estimate of drug-likeness (QED) is 0.446. The van der Waals surface area contributed by atoms with Crippen LogP contribution < -0.4 is 5.69 Å². The largest absolute Gasteiger partial charge is 0.346 e. The molecule has 1 saturated carbocycles. The molecule has 1 atom stereocenters. The number of ketones is 1. The molecule has 30 heavy (non-hydrogen) atoms. The second kappa shape index (κ2) is 8.58. The van der Waals surface area contributed by atoms with Crippen LogP contribution in [0.15, 0.2) is 47.3 Å². The molecule has 0 N–H and O–H groups in total. The third-order valence-electron chi connectivity index (χ3n) is 5.26. The highest BCUT2D eigenvalue weighted by Crippen LogP contribution is 2.37. The monoisotopic (exact) mass is 463 g/mol. The topological polar surface area (TPSA) is 56.9 Å². The number of Topliss-reactive ketones (excluding diaryl/α,β-unsaturated/α-hetero) is 1. The van der Waals surface area contributed by atoms with E-state index in [9.17, 15) is 9.59 Å². The molecule has 0 spiro atoms. The molecular weight excluding hydrogens is 445 g/mol. The van der Waals surface area contributed by atoms with Crippen LogP contribution in [0.5, 0.6) is 0 Å². The van der Waals surface area contributed by atoms with Gasteiger partial charge in [-0.3, -0.25) is 9.36 Å². The Kier molecular flexibility index (Phi) is 6.05. The van der Waals surface area contributed by atoms with Crippen LogP contribution in [0, 0.1) is 0 Å². The lowest BCUT2D eigenvalue weighted by Crippen LogP contribution is -2.28. The molecule has 0 amide bonds. The number of hydrogen-bond acceptors (Lipinski definition) is 3. The maximum atomic E-state index is 12.9. The lowest BCUT2D eigenvalue weighted by Gasteiger charge is -2.13. The Labute approximate surface area is 189 Å². The van der Waals surface area contributed by atoms with Crippen molar-refractivity contribution >= 4 is 40.6 Å². The zero-order chi connectivity index (χ0) is 21.4. The molecule has 0 radical (unpaired) electrons. The summed E-state index contributed by atoms with van der Waals surface area (Å²) >= 11 is 18.3. The van der Waals surface area contributed by atoms with E-state index in [1.165, 1.54) is 4.68 Å². The summed E-state index contributed by atoms with van der Waals surface area (Å²) in [5, 5.41) is 6.01. The van der Waals surface area contributed by atoms with Crippen molar-refractivity contribution in [3.05, 3.63) is 73.6 Å². The smallest absolute Gasteiger partial charge is 0.298 e. The lowest BCUT2D eigenvalue weighted by atomic mass is 9.95.